The summed E-state index contributed by atoms with van der Waals surface area (Å²) in [5, 5.41) is 13.2. The van der Waals surface area contributed by atoms with Gasteiger partial charge in [-0.05, 0) is 43.7 Å². The van der Waals surface area contributed by atoms with E-state index in [-0.39, 0.29) is 17.7 Å². The maximum Gasteiger partial charge on any atom is 0.272 e. The molecule has 11 nitrogen and oxygen atoms in total. The minimum atomic E-state index is -0.499. The van der Waals surface area contributed by atoms with Gasteiger partial charge in [0.2, 0.25) is 5.91 Å². The Balaban J connectivity index is 1.34. The normalized spacial score (nSPS) is 15.0. The molecule has 216 valence electrons. The molecule has 3 aromatic heterocycles. The highest BCUT2D eigenvalue weighted by Gasteiger charge is 2.31. The fraction of sp³-hybridized carbons (Fsp3) is 0.290. The lowest BCUT2D eigenvalue weighted by Crippen LogP contribution is -2.30. The second-order valence-electron chi connectivity index (χ2n) is 10.4. The maximum atomic E-state index is 13.4. The third-order valence-electron chi connectivity index (χ3n) is 8.03. The van der Waals surface area contributed by atoms with Crippen molar-refractivity contribution in [2.45, 2.75) is 19.3 Å². The van der Waals surface area contributed by atoms with E-state index in [1.54, 1.807) is 25.3 Å². The van der Waals surface area contributed by atoms with Gasteiger partial charge >= 0.3 is 0 Å². The maximum absolute atomic E-state index is 13.4. The van der Waals surface area contributed by atoms with E-state index in [1.807, 2.05) is 71.6 Å². The number of hydrogen-bond donors (Lipinski definition) is 2. The number of likely N-dealkylation sites (tertiary alicyclic amines) is 1. The molecule has 4 heterocycles. The summed E-state index contributed by atoms with van der Waals surface area (Å²) in [5.74, 6) is 1.48. The van der Waals surface area contributed by atoms with Gasteiger partial charge < -0.3 is 29.4 Å². The van der Waals surface area contributed by atoms with E-state index in [1.165, 1.54) is 0 Å². The molecular weight excluding hydrogens is 536 g/mol. The largest absolute Gasteiger partial charge is 0.496 e. The molecule has 0 spiro atoms. The molecule has 42 heavy (non-hydrogen) atoms. The van der Waals surface area contributed by atoms with E-state index in [0.29, 0.717) is 36.0 Å². The first-order valence-corrected chi connectivity index (χ1v) is 13.7. The molecule has 6 rings (SSSR count). The van der Waals surface area contributed by atoms with Crippen molar-refractivity contribution in [3.8, 4) is 22.8 Å². The molecule has 2 amide bonds. The van der Waals surface area contributed by atoms with Crippen LogP contribution in [0.15, 0.2) is 54.9 Å². The summed E-state index contributed by atoms with van der Waals surface area (Å²) in [6.45, 7) is 2.50. The molecule has 5 aromatic rings. The number of nitrogens with zero attached hydrogens (tertiary/aromatic N) is 5. The molecule has 1 aliphatic rings. The predicted molar refractivity (Wildman–Crippen MR) is 158 cm³/mol. The van der Waals surface area contributed by atoms with Crippen LogP contribution >= 0.6 is 0 Å². The number of rotatable bonds is 7. The summed E-state index contributed by atoms with van der Waals surface area (Å²) in [5.41, 5.74) is 5.12. The van der Waals surface area contributed by atoms with Gasteiger partial charge in [-0.25, -0.2) is 4.98 Å². The average Bonchev–Trinajstić information content (AvgIpc) is 3.73. The Morgan fingerprint density at radius 2 is 1.93 bits per heavy atom. The molecule has 0 bridgehead atoms. The number of fused-ring (bicyclic) bond motifs is 2. The van der Waals surface area contributed by atoms with Crippen molar-refractivity contribution in [2.75, 3.05) is 39.2 Å². The van der Waals surface area contributed by atoms with Gasteiger partial charge in [-0.1, -0.05) is 12.1 Å². The van der Waals surface area contributed by atoms with Crippen LogP contribution in [0.25, 0.3) is 27.7 Å². The number of imidazole rings is 1. The third-order valence-corrected chi connectivity index (χ3v) is 8.03. The number of nitrogens with one attached hydrogen (secondary N) is 1. The Bertz CT molecular complexity index is 1840. The molecule has 0 unspecified atom stereocenters. The number of ether oxygens (including phenoxy) is 2. The summed E-state index contributed by atoms with van der Waals surface area (Å²) in [6, 6.07) is 13.1. The van der Waals surface area contributed by atoms with Crippen LogP contribution in [0.1, 0.15) is 34.3 Å². The highest BCUT2D eigenvalue weighted by molar-refractivity contribution is 6.08. The molecule has 2 N–H and O–H groups in total. The SMILES string of the molecule is COc1cc(-c2nc([C@@H]3CCN(C(=O)CO)C3)n3ccnc(C)c23)ccc1NC(=O)c1cc2c(OC)cccc2n1C. The number of aliphatic hydroxyl groups excluding tert-OH is 1. The zero-order chi connectivity index (χ0) is 29.5. The average molecular weight is 569 g/mol. The Kier molecular flexibility index (Phi) is 7.03. The quantitative estimate of drug-likeness (QED) is 0.306. The zero-order valence-corrected chi connectivity index (χ0v) is 23.9. The summed E-state index contributed by atoms with van der Waals surface area (Å²) in [6.07, 6.45) is 4.38. The Labute approximate surface area is 242 Å². The summed E-state index contributed by atoms with van der Waals surface area (Å²) in [7, 11) is 5.02. The second-order valence-corrected chi connectivity index (χ2v) is 10.4. The van der Waals surface area contributed by atoms with E-state index >= 15 is 0 Å². The van der Waals surface area contributed by atoms with Crippen molar-refractivity contribution in [1.82, 2.24) is 23.8 Å². The van der Waals surface area contributed by atoms with E-state index in [9.17, 15) is 14.7 Å². The van der Waals surface area contributed by atoms with Gasteiger partial charge in [0.15, 0.2) is 0 Å². The van der Waals surface area contributed by atoms with Gasteiger partial charge in [-0.15, -0.1) is 0 Å². The lowest BCUT2D eigenvalue weighted by molar-refractivity contribution is -0.133. The minimum Gasteiger partial charge on any atom is -0.496 e. The van der Waals surface area contributed by atoms with Crippen LogP contribution in [0.4, 0.5) is 5.69 Å². The van der Waals surface area contributed by atoms with Crippen molar-refractivity contribution in [2.24, 2.45) is 7.05 Å². The number of carbonyl (C=O) groups excluding carboxylic acids is 2. The van der Waals surface area contributed by atoms with Crippen molar-refractivity contribution in [3.05, 3.63) is 72.1 Å². The van der Waals surface area contributed by atoms with Gasteiger partial charge in [0.05, 0.1) is 42.3 Å². The van der Waals surface area contributed by atoms with Crippen LogP contribution < -0.4 is 14.8 Å². The van der Waals surface area contributed by atoms with Crippen LogP contribution in [-0.2, 0) is 11.8 Å². The zero-order valence-electron chi connectivity index (χ0n) is 23.9. The predicted octanol–water partition coefficient (Wildman–Crippen LogP) is 3.77. The van der Waals surface area contributed by atoms with Crippen molar-refractivity contribution < 1.29 is 24.2 Å². The number of aliphatic hydroxyl groups is 1. The van der Waals surface area contributed by atoms with Crippen LogP contribution in [-0.4, -0.2) is 74.7 Å². The number of anilines is 1. The lowest BCUT2D eigenvalue weighted by atomic mass is 10.1. The number of benzene rings is 2. The first-order chi connectivity index (χ1) is 20.3. The Morgan fingerprint density at radius 1 is 1.12 bits per heavy atom. The molecule has 1 fully saturated rings. The van der Waals surface area contributed by atoms with Crippen LogP contribution in [0, 0.1) is 6.92 Å². The van der Waals surface area contributed by atoms with E-state index in [4.69, 9.17) is 14.5 Å². The summed E-state index contributed by atoms with van der Waals surface area (Å²) < 4.78 is 15.1. The molecule has 0 radical (unpaired) electrons. The number of hydrogen-bond acceptors (Lipinski definition) is 7. The van der Waals surface area contributed by atoms with Gasteiger partial charge in [0.1, 0.15) is 29.6 Å². The lowest BCUT2D eigenvalue weighted by Gasteiger charge is -2.14. The number of aromatic nitrogens is 4. The van der Waals surface area contributed by atoms with Crippen molar-refractivity contribution in [3.63, 3.8) is 0 Å². The summed E-state index contributed by atoms with van der Waals surface area (Å²) in [4.78, 5) is 36.7. The number of methoxy groups -OCH3 is 2. The fourth-order valence-electron chi connectivity index (χ4n) is 5.86. The van der Waals surface area contributed by atoms with E-state index in [2.05, 4.69) is 10.3 Å². The van der Waals surface area contributed by atoms with E-state index in [0.717, 1.165) is 45.6 Å². The highest BCUT2D eigenvalue weighted by atomic mass is 16.5. The summed E-state index contributed by atoms with van der Waals surface area (Å²) >= 11 is 0. The second kappa shape index (κ2) is 10.8. The standard InChI is InChI=1S/C31H32N6O5/c1-18-29-28(34-30(37(29)13-11-32-18)20-10-12-36(16-20)27(39)17-38)19-8-9-22(26(14-19)42-4)33-31(40)24-15-21-23(35(24)2)6-5-7-25(21)41-3/h5-9,11,13-15,20,38H,10,12,16-17H2,1-4H3,(H,33,40)/t20-/m1/s1. The van der Waals surface area contributed by atoms with Gasteiger partial charge in [0.25, 0.3) is 5.91 Å². The van der Waals surface area contributed by atoms with Crippen molar-refractivity contribution in [1.29, 1.82) is 0 Å². The van der Waals surface area contributed by atoms with E-state index < -0.39 is 6.61 Å². The topological polar surface area (TPSA) is 123 Å². The van der Waals surface area contributed by atoms with Crippen LogP contribution in [0.5, 0.6) is 11.5 Å². The van der Waals surface area contributed by atoms with Gasteiger partial charge in [0, 0.05) is 49.4 Å². The fourth-order valence-corrected chi connectivity index (χ4v) is 5.86. The first kappa shape index (κ1) is 27.3. The van der Waals surface area contributed by atoms with Gasteiger partial charge in [-0.2, -0.15) is 0 Å². The molecule has 2 aromatic carbocycles. The molecule has 1 aliphatic heterocycles. The van der Waals surface area contributed by atoms with Crippen molar-refractivity contribution >= 4 is 33.9 Å². The Morgan fingerprint density at radius 3 is 2.69 bits per heavy atom. The van der Waals surface area contributed by atoms with Gasteiger partial charge in [-0.3, -0.25) is 19.0 Å². The monoisotopic (exact) mass is 568 g/mol. The molecule has 0 aliphatic carbocycles. The molecule has 0 saturated carbocycles. The first-order valence-electron chi connectivity index (χ1n) is 13.7. The molecule has 11 heteroatoms. The highest BCUT2D eigenvalue weighted by Crippen LogP contribution is 2.37. The number of amides is 2. The minimum absolute atomic E-state index is 0.0171. The van der Waals surface area contributed by atoms with Crippen LogP contribution in [0.2, 0.25) is 0 Å². The smallest absolute Gasteiger partial charge is 0.272 e. The third kappa shape index (κ3) is 4.51. The number of aryl methyl sites for hydroxylation is 2. The van der Waals surface area contributed by atoms with Crippen LogP contribution in [0.3, 0.4) is 0 Å². The molecular formula is C31H32N6O5. The number of carbonyl (C=O) groups is 2. The molecule has 1 atom stereocenters. The molecule has 1 saturated heterocycles. The Hall–Kier alpha value is -4.90.